The Morgan fingerprint density at radius 3 is 2.89 bits per heavy atom. The van der Waals surface area contributed by atoms with Crippen LogP contribution in [0, 0.1) is 0 Å². The lowest BCUT2D eigenvalue weighted by molar-refractivity contribution is 0.102. The van der Waals surface area contributed by atoms with Gasteiger partial charge in [0, 0.05) is 6.20 Å². The van der Waals surface area contributed by atoms with Crippen molar-refractivity contribution in [1.29, 1.82) is 0 Å². The second-order valence-electron chi connectivity index (χ2n) is 3.76. The number of anilines is 1. The first kappa shape index (κ1) is 12.2. The number of carbonyl (C=O) groups is 1. The first-order valence-corrected chi connectivity index (χ1v) is 6.90. The molecule has 0 saturated heterocycles. The van der Waals surface area contributed by atoms with Crippen LogP contribution in [-0.4, -0.2) is 19.6 Å². The van der Waals surface area contributed by atoms with Crippen LogP contribution < -0.4 is 5.32 Å². The largest absolute Gasteiger partial charge is 0.320 e. The lowest BCUT2D eigenvalue weighted by Crippen LogP contribution is -2.12. The summed E-state index contributed by atoms with van der Waals surface area (Å²) >= 11 is 4.35. The molecule has 0 saturated carbocycles. The fourth-order valence-corrected chi connectivity index (χ4v) is 2.40. The van der Waals surface area contributed by atoms with E-state index >= 15 is 0 Å². The summed E-state index contributed by atoms with van der Waals surface area (Å²) < 4.78 is 8.99. The Morgan fingerprint density at radius 1 is 1.21 bits per heavy atom. The van der Waals surface area contributed by atoms with E-state index in [0.717, 1.165) is 17.2 Å². The number of nitrogens with one attached hydrogen (secondary N) is 1. The zero-order valence-electron chi connectivity index (χ0n) is 9.50. The standard InChI is InChI=1S/C12H7BrN4OS/c13-10-5-4-7(6-14-10)12(18)15-8-2-1-3-9-11(8)17-19-16-9/h1-6H,(H,15,18). The molecule has 0 aliphatic rings. The molecule has 1 aromatic carbocycles. The summed E-state index contributed by atoms with van der Waals surface area (Å²) in [7, 11) is 0. The van der Waals surface area contributed by atoms with Gasteiger partial charge in [-0.2, -0.15) is 8.75 Å². The average molecular weight is 335 g/mol. The first-order valence-electron chi connectivity index (χ1n) is 5.38. The Labute approximate surface area is 121 Å². The van der Waals surface area contributed by atoms with Crippen molar-refractivity contribution < 1.29 is 4.79 Å². The Bertz CT molecular complexity index is 741. The Hall–Kier alpha value is -1.86. The second kappa shape index (κ2) is 5.02. The minimum absolute atomic E-state index is 0.222. The van der Waals surface area contributed by atoms with Crippen LogP contribution in [0.2, 0.25) is 0 Å². The number of amides is 1. The molecule has 7 heteroatoms. The topological polar surface area (TPSA) is 67.8 Å². The molecule has 0 bridgehead atoms. The number of fused-ring (bicyclic) bond motifs is 1. The number of benzene rings is 1. The van der Waals surface area contributed by atoms with Crippen LogP contribution >= 0.6 is 27.7 Å². The molecule has 94 valence electrons. The van der Waals surface area contributed by atoms with Crippen molar-refractivity contribution in [2.45, 2.75) is 0 Å². The molecule has 0 unspecified atom stereocenters. The minimum Gasteiger partial charge on any atom is -0.320 e. The average Bonchev–Trinajstić information content (AvgIpc) is 2.89. The monoisotopic (exact) mass is 334 g/mol. The molecular formula is C12H7BrN4OS. The third-order valence-electron chi connectivity index (χ3n) is 2.52. The maximum atomic E-state index is 12.1. The Morgan fingerprint density at radius 2 is 2.11 bits per heavy atom. The zero-order valence-corrected chi connectivity index (χ0v) is 11.9. The van der Waals surface area contributed by atoms with Crippen molar-refractivity contribution >= 4 is 50.3 Å². The number of rotatable bonds is 2. The van der Waals surface area contributed by atoms with Crippen molar-refractivity contribution in [3.05, 3.63) is 46.7 Å². The van der Waals surface area contributed by atoms with Crippen LogP contribution in [0.3, 0.4) is 0 Å². The highest BCUT2D eigenvalue weighted by Gasteiger charge is 2.10. The van der Waals surface area contributed by atoms with Crippen molar-refractivity contribution in [1.82, 2.24) is 13.7 Å². The van der Waals surface area contributed by atoms with Gasteiger partial charge in [-0.1, -0.05) is 6.07 Å². The molecule has 1 amide bonds. The number of pyridine rings is 1. The van der Waals surface area contributed by atoms with Crippen LogP contribution in [0.25, 0.3) is 11.0 Å². The van der Waals surface area contributed by atoms with E-state index in [4.69, 9.17) is 0 Å². The van der Waals surface area contributed by atoms with Gasteiger partial charge >= 0.3 is 0 Å². The van der Waals surface area contributed by atoms with Gasteiger partial charge in [-0.05, 0) is 40.2 Å². The molecule has 0 atom stereocenters. The molecule has 0 radical (unpaired) electrons. The number of hydrogen-bond acceptors (Lipinski definition) is 5. The number of nitrogens with zero attached hydrogens (tertiary/aromatic N) is 3. The van der Waals surface area contributed by atoms with Crippen molar-refractivity contribution in [2.24, 2.45) is 0 Å². The summed E-state index contributed by atoms with van der Waals surface area (Å²) in [5.74, 6) is -0.222. The number of aromatic nitrogens is 3. The normalized spacial score (nSPS) is 10.6. The Kier molecular flexibility index (Phi) is 3.22. The van der Waals surface area contributed by atoms with E-state index in [1.165, 1.54) is 6.20 Å². The molecule has 0 spiro atoms. The van der Waals surface area contributed by atoms with Crippen LogP contribution in [0.1, 0.15) is 10.4 Å². The molecule has 1 N–H and O–H groups in total. The van der Waals surface area contributed by atoms with E-state index < -0.39 is 0 Å². The Balaban J connectivity index is 1.90. The van der Waals surface area contributed by atoms with Gasteiger partial charge in [0.2, 0.25) is 0 Å². The maximum Gasteiger partial charge on any atom is 0.257 e. The SMILES string of the molecule is O=C(Nc1cccc2nsnc12)c1ccc(Br)nc1. The van der Waals surface area contributed by atoms with Gasteiger partial charge in [0.15, 0.2) is 0 Å². The highest BCUT2D eigenvalue weighted by molar-refractivity contribution is 9.10. The first-order chi connectivity index (χ1) is 9.24. The van der Waals surface area contributed by atoms with E-state index in [0.29, 0.717) is 21.4 Å². The molecule has 19 heavy (non-hydrogen) atoms. The summed E-state index contributed by atoms with van der Waals surface area (Å²) in [4.78, 5) is 16.1. The third-order valence-corrected chi connectivity index (χ3v) is 3.54. The minimum atomic E-state index is -0.222. The number of carbonyl (C=O) groups excluding carboxylic acids is 1. The molecule has 2 aromatic heterocycles. The zero-order chi connectivity index (χ0) is 13.2. The third kappa shape index (κ3) is 2.47. The molecule has 0 aliphatic heterocycles. The van der Waals surface area contributed by atoms with Gasteiger partial charge in [0.1, 0.15) is 15.6 Å². The van der Waals surface area contributed by atoms with Crippen molar-refractivity contribution in [2.75, 3.05) is 5.32 Å². The van der Waals surface area contributed by atoms with E-state index in [-0.39, 0.29) is 5.91 Å². The molecule has 3 rings (SSSR count). The number of hydrogen-bond donors (Lipinski definition) is 1. The summed E-state index contributed by atoms with van der Waals surface area (Å²) in [5.41, 5.74) is 2.62. The van der Waals surface area contributed by atoms with Crippen LogP contribution in [0.4, 0.5) is 5.69 Å². The summed E-state index contributed by atoms with van der Waals surface area (Å²) in [6.07, 6.45) is 1.51. The van der Waals surface area contributed by atoms with Crippen molar-refractivity contribution in [3.63, 3.8) is 0 Å². The van der Waals surface area contributed by atoms with E-state index in [2.05, 4.69) is 35.0 Å². The van der Waals surface area contributed by atoms with Gasteiger partial charge in [0.05, 0.1) is 23.0 Å². The van der Waals surface area contributed by atoms with E-state index in [1.54, 1.807) is 18.2 Å². The maximum absolute atomic E-state index is 12.1. The highest BCUT2D eigenvalue weighted by atomic mass is 79.9. The van der Waals surface area contributed by atoms with Gasteiger partial charge < -0.3 is 5.32 Å². The predicted molar refractivity (Wildman–Crippen MR) is 77.3 cm³/mol. The van der Waals surface area contributed by atoms with Gasteiger partial charge in [-0.15, -0.1) is 0 Å². The summed E-state index contributed by atoms with van der Waals surface area (Å²) in [6, 6.07) is 8.91. The van der Waals surface area contributed by atoms with Crippen LogP contribution in [-0.2, 0) is 0 Å². The lowest BCUT2D eigenvalue weighted by Gasteiger charge is -2.05. The molecular weight excluding hydrogens is 328 g/mol. The van der Waals surface area contributed by atoms with Crippen molar-refractivity contribution in [3.8, 4) is 0 Å². The van der Waals surface area contributed by atoms with Crippen LogP contribution in [0.5, 0.6) is 0 Å². The molecule has 0 aliphatic carbocycles. The van der Waals surface area contributed by atoms with E-state index in [1.807, 2.05) is 12.1 Å². The number of halogens is 1. The smallest absolute Gasteiger partial charge is 0.257 e. The molecule has 3 aromatic rings. The molecule has 5 nitrogen and oxygen atoms in total. The van der Waals surface area contributed by atoms with Gasteiger partial charge in [-0.25, -0.2) is 4.98 Å². The highest BCUT2D eigenvalue weighted by Crippen LogP contribution is 2.21. The predicted octanol–water partition coefficient (Wildman–Crippen LogP) is 3.10. The van der Waals surface area contributed by atoms with E-state index in [9.17, 15) is 4.79 Å². The van der Waals surface area contributed by atoms with Gasteiger partial charge in [-0.3, -0.25) is 4.79 Å². The summed E-state index contributed by atoms with van der Waals surface area (Å²) in [5, 5.41) is 2.82. The quantitative estimate of drug-likeness (QED) is 0.731. The lowest BCUT2D eigenvalue weighted by atomic mass is 10.2. The van der Waals surface area contributed by atoms with Crippen LogP contribution in [0.15, 0.2) is 41.1 Å². The molecule has 0 fully saturated rings. The fourth-order valence-electron chi connectivity index (χ4n) is 1.61. The molecule has 2 heterocycles. The summed E-state index contributed by atoms with van der Waals surface area (Å²) in [6.45, 7) is 0. The van der Waals surface area contributed by atoms with Gasteiger partial charge in [0.25, 0.3) is 5.91 Å². The fraction of sp³-hybridized carbons (Fsp3) is 0. The second-order valence-corrected chi connectivity index (χ2v) is 5.10.